The Morgan fingerprint density at radius 2 is 2.00 bits per heavy atom. The highest BCUT2D eigenvalue weighted by atomic mass is 19.1. The van der Waals surface area contributed by atoms with Crippen molar-refractivity contribution >= 4 is 17.7 Å². The van der Waals surface area contributed by atoms with Crippen LogP contribution in [0.2, 0.25) is 0 Å². The summed E-state index contributed by atoms with van der Waals surface area (Å²) in [7, 11) is 0. The highest BCUT2D eigenvalue weighted by Crippen LogP contribution is 2.34. The lowest BCUT2D eigenvalue weighted by atomic mass is 9.78. The number of nitrogens with zero attached hydrogens (tertiary/aromatic N) is 2. The van der Waals surface area contributed by atoms with Crippen LogP contribution in [0.1, 0.15) is 39.5 Å². The zero-order valence-corrected chi connectivity index (χ0v) is 19.0. The summed E-state index contributed by atoms with van der Waals surface area (Å²) >= 11 is 0. The SMILES string of the molecule is CC1(C)CCN(C(=O)COc2c(F)cc(F)cc2F)[C@H](C(=O)N[C@H](C#N)C[C@@H]2CCNC2=O)C1. The Balaban J connectivity index is 1.69. The molecular weight excluding hydrogens is 453 g/mol. The molecule has 184 valence electrons. The molecule has 0 bridgehead atoms. The van der Waals surface area contributed by atoms with Gasteiger partial charge in [-0.3, -0.25) is 14.4 Å². The second kappa shape index (κ2) is 10.3. The number of nitriles is 1. The fraction of sp³-hybridized carbons (Fsp3) is 0.565. The van der Waals surface area contributed by atoms with Gasteiger partial charge in [0.15, 0.2) is 24.0 Å². The first-order valence-electron chi connectivity index (χ1n) is 11.1. The molecule has 3 amide bonds. The predicted octanol–water partition coefficient (Wildman–Crippen LogP) is 2.03. The van der Waals surface area contributed by atoms with E-state index in [2.05, 4.69) is 10.6 Å². The van der Waals surface area contributed by atoms with E-state index in [0.29, 0.717) is 37.9 Å². The lowest BCUT2D eigenvalue weighted by molar-refractivity contribution is -0.146. The van der Waals surface area contributed by atoms with Crippen LogP contribution in [-0.4, -0.2) is 54.4 Å². The third-order valence-electron chi connectivity index (χ3n) is 6.23. The van der Waals surface area contributed by atoms with Crippen molar-refractivity contribution in [3.05, 3.63) is 29.6 Å². The smallest absolute Gasteiger partial charge is 0.261 e. The van der Waals surface area contributed by atoms with Gasteiger partial charge in [-0.2, -0.15) is 5.26 Å². The first-order chi connectivity index (χ1) is 16.0. The highest BCUT2D eigenvalue weighted by Gasteiger charge is 2.40. The molecule has 0 saturated carbocycles. The largest absolute Gasteiger partial charge is 0.478 e. The predicted molar refractivity (Wildman–Crippen MR) is 114 cm³/mol. The second-order valence-electron chi connectivity index (χ2n) is 9.41. The Hall–Kier alpha value is -3.29. The van der Waals surface area contributed by atoms with Crippen LogP contribution in [0.25, 0.3) is 0 Å². The average Bonchev–Trinajstić information content (AvgIpc) is 3.15. The van der Waals surface area contributed by atoms with Crippen molar-refractivity contribution < 1.29 is 32.3 Å². The average molecular weight is 480 g/mol. The Labute approximate surface area is 195 Å². The Kier molecular flexibility index (Phi) is 7.69. The third-order valence-corrected chi connectivity index (χ3v) is 6.23. The summed E-state index contributed by atoms with van der Waals surface area (Å²) in [6.07, 6.45) is 1.60. The fourth-order valence-corrected chi connectivity index (χ4v) is 4.30. The van der Waals surface area contributed by atoms with Gasteiger partial charge in [0.2, 0.25) is 11.8 Å². The van der Waals surface area contributed by atoms with E-state index in [4.69, 9.17) is 4.74 Å². The van der Waals surface area contributed by atoms with Crippen LogP contribution in [-0.2, 0) is 14.4 Å². The lowest BCUT2D eigenvalue weighted by Gasteiger charge is -2.42. The van der Waals surface area contributed by atoms with Gasteiger partial charge in [0, 0.05) is 31.1 Å². The maximum Gasteiger partial charge on any atom is 0.261 e. The number of likely N-dealkylation sites (tertiary alicyclic amines) is 1. The second-order valence-corrected chi connectivity index (χ2v) is 9.41. The number of nitrogens with one attached hydrogen (secondary N) is 2. The minimum Gasteiger partial charge on any atom is -0.478 e. The monoisotopic (exact) mass is 480 g/mol. The fourth-order valence-electron chi connectivity index (χ4n) is 4.30. The number of amides is 3. The molecule has 0 unspecified atom stereocenters. The molecule has 0 aliphatic carbocycles. The maximum atomic E-state index is 13.8. The van der Waals surface area contributed by atoms with Gasteiger partial charge in [-0.15, -0.1) is 0 Å². The van der Waals surface area contributed by atoms with E-state index >= 15 is 0 Å². The van der Waals surface area contributed by atoms with Crippen molar-refractivity contribution in [1.82, 2.24) is 15.5 Å². The number of benzene rings is 1. The van der Waals surface area contributed by atoms with E-state index in [1.54, 1.807) is 0 Å². The Bertz CT molecular complexity index is 987. The topological polar surface area (TPSA) is 112 Å². The van der Waals surface area contributed by atoms with Crippen molar-refractivity contribution in [3.63, 3.8) is 0 Å². The molecule has 0 radical (unpaired) electrons. The molecule has 1 aromatic rings. The molecule has 2 fully saturated rings. The first-order valence-corrected chi connectivity index (χ1v) is 11.1. The number of carbonyl (C=O) groups is 3. The Morgan fingerprint density at radius 3 is 2.59 bits per heavy atom. The van der Waals surface area contributed by atoms with Crippen LogP contribution in [0.15, 0.2) is 12.1 Å². The van der Waals surface area contributed by atoms with Gasteiger partial charge >= 0.3 is 0 Å². The molecule has 2 N–H and O–H groups in total. The molecule has 2 aliphatic heterocycles. The molecule has 34 heavy (non-hydrogen) atoms. The molecule has 3 atom stereocenters. The standard InChI is InChI=1S/C23H27F3N4O4/c1-23(2)4-6-30(19(31)12-34-20-16(25)8-14(24)9-17(20)26)18(10-23)22(33)29-15(11-27)7-13-3-5-28-21(13)32/h8-9,13,15,18H,3-7,10,12H2,1-2H3,(H,28,32)(H,29,33)/t13-,15-,18-/m0/s1. The van der Waals surface area contributed by atoms with Gasteiger partial charge in [-0.05, 0) is 31.1 Å². The van der Waals surface area contributed by atoms with Crippen molar-refractivity contribution in [3.8, 4) is 11.8 Å². The minimum atomic E-state index is -1.29. The van der Waals surface area contributed by atoms with E-state index in [0.717, 1.165) is 0 Å². The van der Waals surface area contributed by atoms with Gasteiger partial charge < -0.3 is 20.3 Å². The molecule has 11 heteroatoms. The summed E-state index contributed by atoms with van der Waals surface area (Å²) < 4.78 is 45.7. The molecule has 2 heterocycles. The molecular formula is C23H27F3N4O4. The Morgan fingerprint density at radius 1 is 1.32 bits per heavy atom. The van der Waals surface area contributed by atoms with Crippen molar-refractivity contribution in [1.29, 1.82) is 5.26 Å². The van der Waals surface area contributed by atoms with Crippen molar-refractivity contribution in [2.24, 2.45) is 11.3 Å². The summed E-state index contributed by atoms with van der Waals surface area (Å²) in [4.78, 5) is 39.0. The van der Waals surface area contributed by atoms with Gasteiger partial charge in [-0.1, -0.05) is 13.8 Å². The normalized spacial score (nSPS) is 22.5. The molecule has 0 spiro atoms. The van der Waals surface area contributed by atoms with E-state index in [9.17, 15) is 32.8 Å². The van der Waals surface area contributed by atoms with Gasteiger partial charge in [0.1, 0.15) is 17.9 Å². The molecule has 3 rings (SSSR count). The van der Waals surface area contributed by atoms with Crippen LogP contribution in [0, 0.1) is 40.1 Å². The lowest BCUT2D eigenvalue weighted by Crippen LogP contribution is -2.57. The summed E-state index contributed by atoms with van der Waals surface area (Å²) in [6.45, 7) is 3.85. The summed E-state index contributed by atoms with van der Waals surface area (Å²) in [6, 6.07) is 1.02. The molecule has 2 aliphatic rings. The molecule has 1 aromatic carbocycles. The number of ether oxygens (including phenoxy) is 1. The van der Waals surface area contributed by atoms with E-state index < -0.39 is 53.7 Å². The van der Waals surface area contributed by atoms with Crippen LogP contribution >= 0.6 is 0 Å². The van der Waals surface area contributed by atoms with Crippen LogP contribution in [0.4, 0.5) is 13.2 Å². The number of carbonyl (C=O) groups excluding carboxylic acids is 3. The number of halogens is 3. The zero-order valence-electron chi connectivity index (χ0n) is 19.0. The zero-order chi connectivity index (χ0) is 25.0. The van der Waals surface area contributed by atoms with Gasteiger partial charge in [-0.25, -0.2) is 13.2 Å². The molecule has 2 saturated heterocycles. The number of piperidine rings is 1. The van der Waals surface area contributed by atoms with Crippen molar-refractivity contribution in [2.45, 2.75) is 51.6 Å². The van der Waals surface area contributed by atoms with Gasteiger partial charge in [0.25, 0.3) is 5.91 Å². The number of hydrogen-bond donors (Lipinski definition) is 2. The maximum absolute atomic E-state index is 13.8. The van der Waals surface area contributed by atoms with E-state index in [1.807, 2.05) is 19.9 Å². The third kappa shape index (κ3) is 5.98. The van der Waals surface area contributed by atoms with E-state index in [1.165, 1.54) is 4.90 Å². The number of hydrogen-bond acceptors (Lipinski definition) is 5. The van der Waals surface area contributed by atoms with Crippen LogP contribution < -0.4 is 15.4 Å². The first kappa shape index (κ1) is 25.3. The summed E-state index contributed by atoms with van der Waals surface area (Å²) in [5, 5.41) is 14.8. The van der Waals surface area contributed by atoms with Crippen molar-refractivity contribution in [2.75, 3.05) is 19.7 Å². The van der Waals surface area contributed by atoms with E-state index in [-0.39, 0.29) is 30.2 Å². The summed E-state index contributed by atoms with van der Waals surface area (Å²) in [5.74, 6) is -6.34. The molecule has 0 aromatic heterocycles. The molecule has 8 nitrogen and oxygen atoms in total. The van der Waals surface area contributed by atoms with Crippen LogP contribution in [0.5, 0.6) is 5.75 Å². The van der Waals surface area contributed by atoms with Crippen LogP contribution in [0.3, 0.4) is 0 Å². The minimum absolute atomic E-state index is 0.157. The van der Waals surface area contributed by atoms with Gasteiger partial charge in [0.05, 0.1) is 6.07 Å². The number of rotatable bonds is 7. The summed E-state index contributed by atoms with van der Waals surface area (Å²) in [5.41, 5.74) is -0.276. The quantitative estimate of drug-likeness (QED) is 0.621. The highest BCUT2D eigenvalue weighted by molar-refractivity contribution is 5.89.